The summed E-state index contributed by atoms with van der Waals surface area (Å²) in [5.41, 5.74) is 2.80. The molecule has 1 heterocycles. The van der Waals surface area contributed by atoms with E-state index in [1.807, 2.05) is 43.1 Å². The van der Waals surface area contributed by atoms with E-state index in [1.165, 1.54) is 11.6 Å². The van der Waals surface area contributed by atoms with Gasteiger partial charge in [0, 0.05) is 39.6 Å². The minimum Gasteiger partial charge on any atom is -0.372 e. The molecule has 0 radical (unpaired) electrons. The summed E-state index contributed by atoms with van der Waals surface area (Å²) in [6, 6.07) is 14.7. The highest BCUT2D eigenvalue weighted by atomic mass is 19.1. The molecule has 29 heavy (non-hydrogen) atoms. The molecule has 2 aromatic rings. The maximum Gasteiger partial charge on any atom is 0.225 e. The maximum absolute atomic E-state index is 13.8. The van der Waals surface area contributed by atoms with Gasteiger partial charge in [0.15, 0.2) is 0 Å². The quantitative estimate of drug-likeness (QED) is 0.697. The summed E-state index contributed by atoms with van der Waals surface area (Å²) in [7, 11) is 1.83. The molecule has 5 nitrogen and oxygen atoms in total. The van der Waals surface area contributed by atoms with Gasteiger partial charge in [0.25, 0.3) is 0 Å². The van der Waals surface area contributed by atoms with Gasteiger partial charge >= 0.3 is 0 Å². The molecular weight excluding hydrogens is 369 g/mol. The Morgan fingerprint density at radius 1 is 1.21 bits per heavy atom. The van der Waals surface area contributed by atoms with E-state index in [1.54, 1.807) is 23.1 Å². The van der Waals surface area contributed by atoms with Gasteiger partial charge in [-0.1, -0.05) is 42.0 Å². The maximum atomic E-state index is 13.8. The summed E-state index contributed by atoms with van der Waals surface area (Å²) in [4.78, 5) is 28.3. The molecule has 6 heteroatoms. The molecule has 0 spiro atoms. The van der Waals surface area contributed by atoms with Crippen LogP contribution < -0.4 is 10.2 Å². The normalized spacial score (nSPS) is 16.2. The topological polar surface area (TPSA) is 52.7 Å². The third-order valence-electron chi connectivity index (χ3n) is 5.31. The van der Waals surface area contributed by atoms with Gasteiger partial charge in [0.2, 0.25) is 11.8 Å². The zero-order valence-corrected chi connectivity index (χ0v) is 17.0. The van der Waals surface area contributed by atoms with Gasteiger partial charge < -0.3 is 15.1 Å². The van der Waals surface area contributed by atoms with Crippen molar-refractivity contribution >= 4 is 17.5 Å². The van der Waals surface area contributed by atoms with Crippen molar-refractivity contribution in [3.8, 4) is 0 Å². The number of carbonyl (C=O) groups excluding carboxylic acids is 2. The van der Waals surface area contributed by atoms with Crippen LogP contribution in [0.15, 0.2) is 48.5 Å². The average molecular weight is 397 g/mol. The predicted molar refractivity (Wildman–Crippen MR) is 112 cm³/mol. The van der Waals surface area contributed by atoms with Crippen LogP contribution in [0.1, 0.15) is 24.0 Å². The van der Waals surface area contributed by atoms with E-state index < -0.39 is 0 Å². The molecule has 1 aliphatic rings. The Kier molecular flexibility index (Phi) is 6.86. The van der Waals surface area contributed by atoms with Crippen LogP contribution in [0.5, 0.6) is 0 Å². The molecule has 0 saturated carbocycles. The fourth-order valence-electron chi connectivity index (χ4n) is 3.57. The number of amides is 2. The van der Waals surface area contributed by atoms with Crippen molar-refractivity contribution in [2.24, 2.45) is 5.92 Å². The van der Waals surface area contributed by atoms with Crippen LogP contribution in [0.4, 0.5) is 10.1 Å². The Balaban J connectivity index is 1.41. The molecule has 1 N–H and O–H groups in total. The first-order valence-corrected chi connectivity index (χ1v) is 10.0. The van der Waals surface area contributed by atoms with Gasteiger partial charge in [-0.3, -0.25) is 9.59 Å². The number of carbonyl (C=O) groups is 2. The molecule has 1 saturated heterocycles. The van der Waals surface area contributed by atoms with E-state index in [9.17, 15) is 14.0 Å². The van der Waals surface area contributed by atoms with Gasteiger partial charge in [-0.2, -0.15) is 0 Å². The number of anilines is 1. The number of likely N-dealkylation sites (tertiary alicyclic amines) is 1. The summed E-state index contributed by atoms with van der Waals surface area (Å²) in [5, 5.41) is 2.92. The van der Waals surface area contributed by atoms with E-state index in [2.05, 4.69) is 5.32 Å². The Morgan fingerprint density at radius 2 is 1.93 bits per heavy atom. The van der Waals surface area contributed by atoms with Crippen LogP contribution in [-0.4, -0.2) is 43.4 Å². The number of para-hydroxylation sites is 1. The van der Waals surface area contributed by atoms with Crippen LogP contribution >= 0.6 is 0 Å². The number of benzene rings is 2. The third-order valence-corrected chi connectivity index (χ3v) is 5.31. The molecule has 0 bridgehead atoms. The summed E-state index contributed by atoms with van der Waals surface area (Å²) in [5.74, 6) is -0.627. The number of nitrogens with zero attached hydrogens (tertiary/aromatic N) is 2. The fraction of sp³-hybridized carbons (Fsp3) is 0.391. The molecule has 1 atom stereocenters. The highest BCUT2D eigenvalue weighted by Crippen LogP contribution is 2.21. The molecule has 0 aliphatic carbocycles. The van der Waals surface area contributed by atoms with Crippen LogP contribution in [0.25, 0.3) is 0 Å². The zero-order chi connectivity index (χ0) is 20.8. The van der Waals surface area contributed by atoms with E-state index in [0.717, 1.165) is 5.56 Å². The third kappa shape index (κ3) is 5.56. The summed E-state index contributed by atoms with van der Waals surface area (Å²) in [6.45, 7) is 4.15. The second-order valence-electron chi connectivity index (χ2n) is 7.68. The van der Waals surface area contributed by atoms with Crippen molar-refractivity contribution in [3.63, 3.8) is 0 Å². The average Bonchev–Trinajstić information content (AvgIpc) is 3.07. The van der Waals surface area contributed by atoms with Gasteiger partial charge in [-0.15, -0.1) is 0 Å². The van der Waals surface area contributed by atoms with Crippen LogP contribution in [0.3, 0.4) is 0 Å². The number of aryl methyl sites for hydroxylation is 1. The first-order chi connectivity index (χ1) is 13.9. The monoisotopic (exact) mass is 397 g/mol. The van der Waals surface area contributed by atoms with E-state index in [-0.39, 0.29) is 30.0 Å². The molecule has 154 valence electrons. The second kappa shape index (κ2) is 9.54. The van der Waals surface area contributed by atoms with Crippen molar-refractivity contribution in [1.82, 2.24) is 10.2 Å². The lowest BCUT2D eigenvalue weighted by molar-refractivity contribution is -0.129. The van der Waals surface area contributed by atoms with Crippen molar-refractivity contribution < 1.29 is 14.0 Å². The SMILES string of the molecule is Cc1ccc(CN2CC(C(=O)NCCCN(C)c3ccccc3F)CC2=O)cc1. The van der Waals surface area contributed by atoms with Crippen molar-refractivity contribution in [2.75, 3.05) is 31.6 Å². The zero-order valence-electron chi connectivity index (χ0n) is 17.0. The van der Waals surface area contributed by atoms with Gasteiger partial charge in [0.1, 0.15) is 5.82 Å². The van der Waals surface area contributed by atoms with Gasteiger partial charge in [-0.05, 0) is 31.0 Å². The lowest BCUT2D eigenvalue weighted by Crippen LogP contribution is -2.34. The molecule has 2 amide bonds. The van der Waals surface area contributed by atoms with E-state index >= 15 is 0 Å². The lowest BCUT2D eigenvalue weighted by Gasteiger charge is -2.20. The minimum atomic E-state index is -0.308. The molecule has 1 fully saturated rings. The molecule has 3 rings (SSSR count). The number of nitrogens with one attached hydrogen (secondary N) is 1. The minimum absolute atomic E-state index is 0.0185. The van der Waals surface area contributed by atoms with Gasteiger partial charge in [0.05, 0.1) is 11.6 Å². The Hall–Kier alpha value is -2.89. The Labute approximate surface area is 171 Å². The van der Waals surface area contributed by atoms with E-state index in [0.29, 0.717) is 38.3 Å². The number of halogens is 1. The van der Waals surface area contributed by atoms with Crippen molar-refractivity contribution in [1.29, 1.82) is 0 Å². The van der Waals surface area contributed by atoms with E-state index in [4.69, 9.17) is 0 Å². The predicted octanol–water partition coefficient (Wildman–Crippen LogP) is 3.13. The second-order valence-corrected chi connectivity index (χ2v) is 7.68. The summed E-state index contributed by atoms with van der Waals surface area (Å²) >= 11 is 0. The smallest absolute Gasteiger partial charge is 0.225 e. The number of hydrogen-bond acceptors (Lipinski definition) is 3. The summed E-state index contributed by atoms with van der Waals surface area (Å²) in [6.07, 6.45) is 0.956. The first kappa shape index (κ1) is 20.8. The highest BCUT2D eigenvalue weighted by molar-refractivity contribution is 5.89. The lowest BCUT2D eigenvalue weighted by atomic mass is 10.1. The number of rotatable bonds is 8. The molecular formula is C23H28FN3O2. The standard InChI is InChI=1S/C23H28FN3O2/c1-17-8-10-18(11-9-17)15-27-16-19(14-22(27)28)23(29)25-12-5-13-26(2)21-7-4-3-6-20(21)24/h3-4,6-11,19H,5,12-16H2,1-2H3,(H,25,29). The van der Waals surface area contributed by atoms with Crippen LogP contribution in [0, 0.1) is 18.7 Å². The molecule has 2 aromatic carbocycles. The summed E-state index contributed by atoms with van der Waals surface area (Å²) < 4.78 is 13.8. The van der Waals surface area contributed by atoms with Crippen LogP contribution in [0.2, 0.25) is 0 Å². The molecule has 0 aromatic heterocycles. The van der Waals surface area contributed by atoms with Crippen molar-refractivity contribution in [2.45, 2.75) is 26.3 Å². The highest BCUT2D eigenvalue weighted by Gasteiger charge is 2.33. The fourth-order valence-corrected chi connectivity index (χ4v) is 3.57. The Bertz CT molecular complexity index is 853. The first-order valence-electron chi connectivity index (χ1n) is 10.0. The molecule has 1 aliphatic heterocycles. The Morgan fingerprint density at radius 3 is 2.66 bits per heavy atom. The number of hydrogen-bond donors (Lipinski definition) is 1. The van der Waals surface area contributed by atoms with Gasteiger partial charge in [-0.25, -0.2) is 4.39 Å². The largest absolute Gasteiger partial charge is 0.372 e. The molecule has 1 unspecified atom stereocenters. The van der Waals surface area contributed by atoms with Crippen molar-refractivity contribution in [3.05, 3.63) is 65.5 Å². The van der Waals surface area contributed by atoms with Crippen LogP contribution in [-0.2, 0) is 16.1 Å².